The molecule has 0 radical (unpaired) electrons. The zero-order chi connectivity index (χ0) is 13.8. The van der Waals surface area contributed by atoms with Crippen LogP contribution in [-0.4, -0.2) is 23.0 Å². The molecule has 6 heteroatoms. The highest BCUT2D eigenvalue weighted by Crippen LogP contribution is 2.25. The second-order valence-electron chi connectivity index (χ2n) is 3.74. The number of halogens is 1. The standard InChI is InChI=1S/C13H11ClN2O3/c1-8-5-9(14)3-4-11(8)19-12-7-15-10(6-16-12)13(17)18-2/h3-7H,1-2H3. The number of aromatic nitrogens is 2. The molecular weight excluding hydrogens is 268 g/mol. The third-order valence-corrected chi connectivity index (χ3v) is 2.61. The average Bonchev–Trinajstić information content (AvgIpc) is 2.42. The average molecular weight is 279 g/mol. The van der Waals surface area contributed by atoms with E-state index in [0.29, 0.717) is 10.8 Å². The molecule has 0 aliphatic heterocycles. The highest BCUT2D eigenvalue weighted by atomic mass is 35.5. The summed E-state index contributed by atoms with van der Waals surface area (Å²) >= 11 is 5.86. The second kappa shape index (κ2) is 5.67. The Bertz CT molecular complexity index is 599. The predicted molar refractivity (Wildman–Crippen MR) is 69.6 cm³/mol. The number of rotatable bonds is 3. The van der Waals surface area contributed by atoms with Gasteiger partial charge >= 0.3 is 5.97 Å². The van der Waals surface area contributed by atoms with Crippen molar-refractivity contribution in [3.8, 4) is 11.6 Å². The Hall–Kier alpha value is -2.14. The molecule has 0 saturated heterocycles. The molecular formula is C13H11ClN2O3. The first-order valence-electron chi connectivity index (χ1n) is 5.44. The number of carbonyl (C=O) groups is 1. The van der Waals surface area contributed by atoms with E-state index in [4.69, 9.17) is 16.3 Å². The molecule has 98 valence electrons. The fourth-order valence-corrected chi connectivity index (χ4v) is 1.65. The fourth-order valence-electron chi connectivity index (χ4n) is 1.42. The lowest BCUT2D eigenvalue weighted by Crippen LogP contribution is -2.04. The summed E-state index contributed by atoms with van der Waals surface area (Å²) in [5.74, 6) is 0.379. The summed E-state index contributed by atoms with van der Waals surface area (Å²) in [6.07, 6.45) is 2.66. The van der Waals surface area contributed by atoms with Crippen molar-refractivity contribution in [3.05, 3.63) is 46.9 Å². The van der Waals surface area contributed by atoms with E-state index < -0.39 is 5.97 Å². The zero-order valence-electron chi connectivity index (χ0n) is 10.4. The molecule has 0 atom stereocenters. The first-order valence-corrected chi connectivity index (χ1v) is 5.82. The summed E-state index contributed by atoms with van der Waals surface area (Å²) in [4.78, 5) is 19.1. The minimum Gasteiger partial charge on any atom is -0.464 e. The fraction of sp³-hybridized carbons (Fsp3) is 0.154. The monoisotopic (exact) mass is 278 g/mol. The number of aryl methyl sites for hydroxylation is 1. The normalized spacial score (nSPS) is 10.1. The largest absolute Gasteiger partial charge is 0.464 e. The number of hydrogen-bond donors (Lipinski definition) is 0. The van der Waals surface area contributed by atoms with Crippen molar-refractivity contribution in [2.24, 2.45) is 0 Å². The molecule has 5 nitrogen and oxygen atoms in total. The number of ether oxygens (including phenoxy) is 2. The highest BCUT2D eigenvalue weighted by molar-refractivity contribution is 6.30. The molecule has 1 heterocycles. The van der Waals surface area contributed by atoms with Gasteiger partial charge in [0.25, 0.3) is 0 Å². The van der Waals surface area contributed by atoms with Crippen LogP contribution in [0.2, 0.25) is 5.02 Å². The Morgan fingerprint density at radius 3 is 2.63 bits per heavy atom. The smallest absolute Gasteiger partial charge is 0.358 e. The van der Waals surface area contributed by atoms with E-state index in [0.717, 1.165) is 5.56 Å². The zero-order valence-corrected chi connectivity index (χ0v) is 11.1. The number of methoxy groups -OCH3 is 1. The molecule has 0 unspecified atom stereocenters. The van der Waals surface area contributed by atoms with Crippen LogP contribution in [0.15, 0.2) is 30.6 Å². The number of nitrogens with zero attached hydrogens (tertiary/aromatic N) is 2. The molecule has 0 spiro atoms. The summed E-state index contributed by atoms with van der Waals surface area (Å²) in [6.45, 7) is 1.87. The van der Waals surface area contributed by atoms with Crippen molar-refractivity contribution >= 4 is 17.6 Å². The van der Waals surface area contributed by atoms with Crippen LogP contribution in [0.5, 0.6) is 11.6 Å². The Morgan fingerprint density at radius 1 is 1.26 bits per heavy atom. The van der Waals surface area contributed by atoms with Gasteiger partial charge in [-0.05, 0) is 30.7 Å². The lowest BCUT2D eigenvalue weighted by molar-refractivity contribution is 0.0593. The minimum absolute atomic E-state index is 0.127. The second-order valence-corrected chi connectivity index (χ2v) is 4.18. The van der Waals surface area contributed by atoms with Crippen LogP contribution in [0.3, 0.4) is 0 Å². The summed E-state index contributed by atoms with van der Waals surface area (Å²) in [5, 5.41) is 0.636. The molecule has 0 fully saturated rings. The van der Waals surface area contributed by atoms with Gasteiger partial charge in [0, 0.05) is 5.02 Å². The number of hydrogen-bond acceptors (Lipinski definition) is 5. The third kappa shape index (κ3) is 3.20. The van der Waals surface area contributed by atoms with Gasteiger partial charge in [-0.3, -0.25) is 0 Å². The Balaban J connectivity index is 2.17. The first kappa shape index (κ1) is 13.3. The van der Waals surface area contributed by atoms with Gasteiger partial charge in [0.2, 0.25) is 5.88 Å². The molecule has 0 amide bonds. The molecule has 1 aromatic carbocycles. The maximum Gasteiger partial charge on any atom is 0.358 e. The number of benzene rings is 1. The maximum atomic E-state index is 11.2. The van der Waals surface area contributed by atoms with Gasteiger partial charge in [-0.15, -0.1) is 0 Å². The maximum absolute atomic E-state index is 11.2. The number of carbonyl (C=O) groups excluding carboxylic acids is 1. The molecule has 0 bridgehead atoms. The van der Waals surface area contributed by atoms with Crippen molar-refractivity contribution in [1.82, 2.24) is 9.97 Å². The molecule has 2 rings (SSSR count). The Labute approximate surface area is 115 Å². The topological polar surface area (TPSA) is 61.3 Å². The van der Waals surface area contributed by atoms with Crippen molar-refractivity contribution in [2.75, 3.05) is 7.11 Å². The minimum atomic E-state index is -0.540. The van der Waals surface area contributed by atoms with Crippen LogP contribution in [-0.2, 0) is 4.74 Å². The predicted octanol–water partition coefficient (Wildman–Crippen LogP) is 3.02. The summed E-state index contributed by atoms with van der Waals surface area (Å²) in [6, 6.07) is 5.25. The van der Waals surface area contributed by atoms with E-state index in [-0.39, 0.29) is 11.6 Å². The summed E-state index contributed by atoms with van der Waals surface area (Å²) in [5.41, 5.74) is 1.01. The molecule has 19 heavy (non-hydrogen) atoms. The Kier molecular flexibility index (Phi) is 3.97. The Morgan fingerprint density at radius 2 is 2.05 bits per heavy atom. The van der Waals surface area contributed by atoms with E-state index in [9.17, 15) is 4.79 Å². The molecule has 0 N–H and O–H groups in total. The lowest BCUT2D eigenvalue weighted by Gasteiger charge is -2.07. The van der Waals surface area contributed by atoms with Gasteiger partial charge < -0.3 is 9.47 Å². The lowest BCUT2D eigenvalue weighted by atomic mass is 10.2. The van der Waals surface area contributed by atoms with E-state index in [1.807, 2.05) is 6.92 Å². The van der Waals surface area contributed by atoms with Gasteiger partial charge in [-0.25, -0.2) is 14.8 Å². The van der Waals surface area contributed by atoms with Crippen LogP contribution in [0.4, 0.5) is 0 Å². The summed E-state index contributed by atoms with van der Waals surface area (Å²) in [7, 11) is 1.28. The molecule has 0 saturated carbocycles. The van der Waals surface area contributed by atoms with Gasteiger partial charge in [-0.2, -0.15) is 0 Å². The van der Waals surface area contributed by atoms with Gasteiger partial charge in [0.15, 0.2) is 5.69 Å². The molecule has 0 aliphatic rings. The first-order chi connectivity index (χ1) is 9.10. The van der Waals surface area contributed by atoms with E-state index in [1.165, 1.54) is 19.5 Å². The van der Waals surface area contributed by atoms with E-state index in [1.54, 1.807) is 18.2 Å². The van der Waals surface area contributed by atoms with Crippen molar-refractivity contribution in [3.63, 3.8) is 0 Å². The molecule has 2 aromatic rings. The van der Waals surface area contributed by atoms with E-state index in [2.05, 4.69) is 14.7 Å². The van der Waals surface area contributed by atoms with Crippen molar-refractivity contribution < 1.29 is 14.3 Å². The summed E-state index contributed by atoms with van der Waals surface area (Å²) < 4.78 is 10.1. The van der Waals surface area contributed by atoms with Crippen LogP contribution in [0, 0.1) is 6.92 Å². The van der Waals surface area contributed by atoms with Gasteiger partial charge in [0.05, 0.1) is 19.5 Å². The van der Waals surface area contributed by atoms with Crippen LogP contribution >= 0.6 is 11.6 Å². The van der Waals surface area contributed by atoms with E-state index >= 15 is 0 Å². The van der Waals surface area contributed by atoms with Gasteiger partial charge in [0.1, 0.15) is 5.75 Å². The van der Waals surface area contributed by atoms with Crippen LogP contribution in [0.1, 0.15) is 16.1 Å². The molecule has 0 aliphatic carbocycles. The third-order valence-electron chi connectivity index (χ3n) is 2.37. The van der Waals surface area contributed by atoms with Crippen molar-refractivity contribution in [2.45, 2.75) is 6.92 Å². The van der Waals surface area contributed by atoms with Gasteiger partial charge in [-0.1, -0.05) is 11.6 Å². The SMILES string of the molecule is COC(=O)c1cnc(Oc2ccc(Cl)cc2C)cn1. The van der Waals surface area contributed by atoms with Crippen LogP contribution in [0.25, 0.3) is 0 Å². The molecule has 1 aromatic heterocycles. The quantitative estimate of drug-likeness (QED) is 0.808. The van der Waals surface area contributed by atoms with Crippen molar-refractivity contribution in [1.29, 1.82) is 0 Å². The van der Waals surface area contributed by atoms with Crippen LogP contribution < -0.4 is 4.74 Å². The number of esters is 1. The highest BCUT2D eigenvalue weighted by Gasteiger charge is 2.09.